The molecule has 5 N–H and O–H groups in total. The standard InChI is InChI=1S/C16H30BrN5/c17-10-2-1-3-11(6-10)22-16-12-7-14-15(19-5-4-18-14)8-13(12)20-9-21-16/h10-16,18-22H,1-9H2. The van der Waals surface area contributed by atoms with Gasteiger partial charge < -0.3 is 16.0 Å². The second-order valence-corrected chi connectivity index (χ2v) is 8.85. The summed E-state index contributed by atoms with van der Waals surface area (Å²) in [6.45, 7) is 3.17. The molecule has 6 heteroatoms. The molecule has 4 aliphatic rings. The molecule has 4 fully saturated rings. The fourth-order valence-corrected chi connectivity index (χ4v) is 5.75. The molecule has 0 radical (unpaired) electrons. The number of piperazine rings is 1. The van der Waals surface area contributed by atoms with Crippen molar-refractivity contribution in [3.8, 4) is 0 Å². The van der Waals surface area contributed by atoms with Crippen molar-refractivity contribution in [2.45, 2.75) is 73.7 Å². The summed E-state index contributed by atoms with van der Waals surface area (Å²) >= 11 is 3.82. The number of nitrogens with one attached hydrogen (secondary N) is 5. The molecular formula is C16H30BrN5. The van der Waals surface area contributed by atoms with Crippen LogP contribution < -0.4 is 26.6 Å². The lowest BCUT2D eigenvalue weighted by molar-refractivity contribution is 0.0792. The molecule has 0 aromatic carbocycles. The Morgan fingerprint density at radius 2 is 1.64 bits per heavy atom. The van der Waals surface area contributed by atoms with Crippen molar-refractivity contribution < 1.29 is 0 Å². The maximum absolute atomic E-state index is 3.95. The van der Waals surface area contributed by atoms with Gasteiger partial charge >= 0.3 is 0 Å². The number of fused-ring (bicyclic) bond motifs is 2. The third kappa shape index (κ3) is 3.37. The van der Waals surface area contributed by atoms with Gasteiger partial charge in [0.05, 0.1) is 6.17 Å². The lowest BCUT2D eigenvalue weighted by atomic mass is 9.75. The maximum atomic E-state index is 3.95. The van der Waals surface area contributed by atoms with E-state index in [2.05, 4.69) is 42.5 Å². The molecule has 22 heavy (non-hydrogen) atoms. The molecule has 5 nitrogen and oxygen atoms in total. The summed E-state index contributed by atoms with van der Waals surface area (Å²) in [4.78, 5) is 0.705. The van der Waals surface area contributed by atoms with Crippen LogP contribution in [0.2, 0.25) is 0 Å². The van der Waals surface area contributed by atoms with Crippen LogP contribution in [0.1, 0.15) is 38.5 Å². The highest BCUT2D eigenvalue weighted by molar-refractivity contribution is 9.09. The summed E-state index contributed by atoms with van der Waals surface area (Å²) in [5, 5.41) is 18.8. The number of alkyl halides is 1. The molecule has 4 rings (SSSR count). The van der Waals surface area contributed by atoms with Crippen LogP contribution in [-0.2, 0) is 0 Å². The van der Waals surface area contributed by atoms with Gasteiger partial charge in [0, 0.05) is 54.7 Å². The van der Waals surface area contributed by atoms with E-state index in [1.54, 1.807) is 0 Å². The van der Waals surface area contributed by atoms with Crippen molar-refractivity contribution in [1.29, 1.82) is 0 Å². The van der Waals surface area contributed by atoms with Crippen LogP contribution in [0.25, 0.3) is 0 Å². The Morgan fingerprint density at radius 1 is 0.818 bits per heavy atom. The highest BCUT2D eigenvalue weighted by Crippen LogP contribution is 2.31. The molecule has 2 saturated heterocycles. The van der Waals surface area contributed by atoms with Gasteiger partial charge in [0.2, 0.25) is 0 Å². The van der Waals surface area contributed by atoms with E-state index in [0.29, 0.717) is 41.1 Å². The molecule has 2 aliphatic heterocycles. The van der Waals surface area contributed by atoms with Crippen molar-refractivity contribution in [2.75, 3.05) is 19.8 Å². The molecule has 7 unspecified atom stereocenters. The normalized spacial score (nSPS) is 49.2. The van der Waals surface area contributed by atoms with Gasteiger partial charge in [-0.1, -0.05) is 22.4 Å². The first-order chi connectivity index (χ1) is 10.8. The minimum atomic E-state index is 0.471. The summed E-state index contributed by atoms with van der Waals surface area (Å²) in [5.74, 6) is 0.693. The minimum absolute atomic E-state index is 0.471. The van der Waals surface area contributed by atoms with Gasteiger partial charge in [0.15, 0.2) is 0 Å². The molecule has 2 aliphatic carbocycles. The van der Waals surface area contributed by atoms with Crippen LogP contribution >= 0.6 is 15.9 Å². The fraction of sp³-hybridized carbons (Fsp3) is 1.00. The molecule has 2 heterocycles. The SMILES string of the molecule is BrC1CCCC(NC2NCNC3CC4NCCNC4CC32)C1. The van der Waals surface area contributed by atoms with Crippen molar-refractivity contribution in [1.82, 2.24) is 26.6 Å². The molecule has 0 bridgehead atoms. The van der Waals surface area contributed by atoms with Gasteiger partial charge in [-0.25, -0.2) is 0 Å². The van der Waals surface area contributed by atoms with Crippen LogP contribution in [0.5, 0.6) is 0 Å². The predicted molar refractivity (Wildman–Crippen MR) is 93.1 cm³/mol. The van der Waals surface area contributed by atoms with Crippen LogP contribution in [-0.4, -0.2) is 54.9 Å². The Labute approximate surface area is 142 Å². The second-order valence-electron chi connectivity index (χ2n) is 7.55. The van der Waals surface area contributed by atoms with E-state index in [1.807, 2.05) is 0 Å². The molecule has 0 spiro atoms. The predicted octanol–water partition coefficient (Wildman–Crippen LogP) is 0.467. The largest absolute Gasteiger partial charge is 0.311 e. The van der Waals surface area contributed by atoms with Gasteiger partial charge in [0.25, 0.3) is 0 Å². The average molecular weight is 372 g/mol. The highest BCUT2D eigenvalue weighted by atomic mass is 79.9. The maximum Gasteiger partial charge on any atom is 0.0628 e. The Balaban J connectivity index is 1.39. The van der Waals surface area contributed by atoms with E-state index in [-0.39, 0.29) is 0 Å². The zero-order chi connectivity index (χ0) is 14.9. The van der Waals surface area contributed by atoms with Crippen molar-refractivity contribution >= 4 is 15.9 Å². The smallest absolute Gasteiger partial charge is 0.0628 e. The van der Waals surface area contributed by atoms with Crippen LogP contribution in [0.3, 0.4) is 0 Å². The zero-order valence-electron chi connectivity index (χ0n) is 13.3. The van der Waals surface area contributed by atoms with E-state index in [1.165, 1.54) is 38.5 Å². The first-order valence-corrected chi connectivity index (χ1v) is 10.0. The lowest BCUT2D eigenvalue weighted by Crippen LogP contribution is -2.71. The van der Waals surface area contributed by atoms with Crippen LogP contribution in [0.4, 0.5) is 0 Å². The van der Waals surface area contributed by atoms with Crippen LogP contribution in [0.15, 0.2) is 0 Å². The van der Waals surface area contributed by atoms with Gasteiger partial charge in [-0.2, -0.15) is 0 Å². The van der Waals surface area contributed by atoms with Crippen LogP contribution in [0, 0.1) is 5.92 Å². The van der Waals surface area contributed by atoms with Gasteiger partial charge in [-0.05, 0) is 32.1 Å². The van der Waals surface area contributed by atoms with Gasteiger partial charge in [0.1, 0.15) is 0 Å². The quantitative estimate of drug-likeness (QED) is 0.456. The number of hydrogen-bond acceptors (Lipinski definition) is 5. The van der Waals surface area contributed by atoms with E-state index in [0.717, 1.165) is 19.8 Å². The summed E-state index contributed by atoms with van der Waals surface area (Å²) in [6, 6.07) is 2.62. The minimum Gasteiger partial charge on any atom is -0.311 e. The summed E-state index contributed by atoms with van der Waals surface area (Å²) < 4.78 is 0. The fourth-order valence-electron chi connectivity index (χ4n) is 4.97. The van der Waals surface area contributed by atoms with E-state index < -0.39 is 0 Å². The third-order valence-electron chi connectivity index (χ3n) is 6.11. The van der Waals surface area contributed by atoms with E-state index >= 15 is 0 Å². The zero-order valence-corrected chi connectivity index (χ0v) is 14.9. The topological polar surface area (TPSA) is 60.1 Å². The second kappa shape index (κ2) is 7.03. The van der Waals surface area contributed by atoms with Crippen molar-refractivity contribution in [2.24, 2.45) is 5.92 Å². The van der Waals surface area contributed by atoms with E-state index in [4.69, 9.17) is 0 Å². The van der Waals surface area contributed by atoms with Crippen molar-refractivity contribution in [3.63, 3.8) is 0 Å². The number of rotatable bonds is 2. The molecular weight excluding hydrogens is 342 g/mol. The molecule has 0 aromatic rings. The Morgan fingerprint density at radius 3 is 2.45 bits per heavy atom. The summed E-state index contributed by atoms with van der Waals surface area (Å²) in [6.07, 6.45) is 8.29. The summed E-state index contributed by atoms with van der Waals surface area (Å²) in [7, 11) is 0. The first kappa shape index (κ1) is 15.8. The molecule has 2 saturated carbocycles. The number of hydrogen-bond donors (Lipinski definition) is 5. The Bertz CT molecular complexity index is 382. The average Bonchev–Trinajstić information content (AvgIpc) is 2.53. The third-order valence-corrected chi connectivity index (χ3v) is 6.95. The molecule has 0 aromatic heterocycles. The van der Waals surface area contributed by atoms with E-state index in [9.17, 15) is 0 Å². The lowest BCUT2D eigenvalue weighted by Gasteiger charge is -2.50. The Hall–Kier alpha value is 0.280. The molecule has 0 amide bonds. The molecule has 7 atom stereocenters. The number of halogens is 1. The molecule has 126 valence electrons. The van der Waals surface area contributed by atoms with Gasteiger partial charge in [-0.15, -0.1) is 0 Å². The highest BCUT2D eigenvalue weighted by Gasteiger charge is 2.43. The Kier molecular flexibility index (Phi) is 5.05. The summed E-state index contributed by atoms with van der Waals surface area (Å²) in [5.41, 5.74) is 0. The first-order valence-electron chi connectivity index (χ1n) is 9.13. The van der Waals surface area contributed by atoms with Gasteiger partial charge in [-0.3, -0.25) is 10.6 Å². The van der Waals surface area contributed by atoms with Crippen molar-refractivity contribution in [3.05, 3.63) is 0 Å². The monoisotopic (exact) mass is 371 g/mol.